The molecule has 0 saturated heterocycles. The number of ether oxygens (including phenoxy) is 1. The molecule has 0 aliphatic carbocycles. The van der Waals surface area contributed by atoms with E-state index in [0.717, 1.165) is 15.4 Å². The first kappa shape index (κ1) is 20.7. The van der Waals surface area contributed by atoms with Crippen molar-refractivity contribution in [2.75, 3.05) is 17.3 Å². The first-order chi connectivity index (χ1) is 15.0. The number of thioether (sulfide) groups is 1. The van der Waals surface area contributed by atoms with Crippen LogP contribution in [0.1, 0.15) is 5.56 Å². The number of benzene rings is 3. The summed E-state index contributed by atoms with van der Waals surface area (Å²) in [5.74, 6) is -0.899. The number of hydrogen-bond acceptors (Lipinski definition) is 5. The van der Waals surface area contributed by atoms with Crippen LogP contribution in [-0.4, -0.2) is 18.9 Å². The summed E-state index contributed by atoms with van der Waals surface area (Å²) in [5, 5.41) is 3.08. The van der Waals surface area contributed by atoms with E-state index in [4.69, 9.17) is 4.74 Å². The third-order valence-corrected chi connectivity index (χ3v) is 5.82. The van der Waals surface area contributed by atoms with Crippen molar-refractivity contribution in [3.05, 3.63) is 94.8 Å². The zero-order chi connectivity index (χ0) is 22.0. The van der Waals surface area contributed by atoms with Crippen LogP contribution in [0.2, 0.25) is 0 Å². The van der Waals surface area contributed by atoms with E-state index in [2.05, 4.69) is 5.32 Å². The van der Waals surface area contributed by atoms with Crippen LogP contribution in [0.25, 0.3) is 0 Å². The number of nitrogens with one attached hydrogen (secondary N) is 1. The molecule has 0 bridgehead atoms. The number of anilines is 2. The summed E-state index contributed by atoms with van der Waals surface area (Å²) < 4.78 is 18.7. The number of aryl methyl sites for hydroxylation is 1. The number of rotatable bonds is 6. The predicted octanol–water partition coefficient (Wildman–Crippen LogP) is 5.13. The van der Waals surface area contributed by atoms with Crippen LogP contribution in [0.3, 0.4) is 0 Å². The summed E-state index contributed by atoms with van der Waals surface area (Å²) in [7, 11) is 1.53. The van der Waals surface area contributed by atoms with Gasteiger partial charge in [-0.25, -0.2) is 9.29 Å². The quantitative estimate of drug-likeness (QED) is 0.545. The molecule has 1 heterocycles. The maximum Gasteiger partial charge on any atom is 0.283 e. The van der Waals surface area contributed by atoms with Crippen molar-refractivity contribution in [1.29, 1.82) is 0 Å². The zero-order valence-corrected chi connectivity index (χ0v) is 17.7. The Morgan fingerprint density at radius 3 is 2.26 bits per heavy atom. The summed E-state index contributed by atoms with van der Waals surface area (Å²) in [5.41, 5.74) is 2.09. The highest BCUT2D eigenvalue weighted by atomic mass is 32.2. The summed E-state index contributed by atoms with van der Waals surface area (Å²) >= 11 is 1.20. The van der Waals surface area contributed by atoms with Gasteiger partial charge in [0.1, 0.15) is 22.2 Å². The Hall–Kier alpha value is -3.58. The lowest BCUT2D eigenvalue weighted by Crippen LogP contribution is -2.32. The standard InChI is InChI=1S/C24H19FN2O3S/c1-15-7-13-18(14-8-15)31-22-21(26-19-5-3-4-6-20(19)30-2)23(28)27(24(22)29)17-11-9-16(25)10-12-17/h3-14,26H,1-2H3. The molecule has 0 unspecified atom stereocenters. The fraction of sp³-hybridized carbons (Fsp3) is 0.0833. The van der Waals surface area contributed by atoms with Crippen molar-refractivity contribution in [3.63, 3.8) is 0 Å². The van der Waals surface area contributed by atoms with Gasteiger partial charge in [0.15, 0.2) is 0 Å². The van der Waals surface area contributed by atoms with Gasteiger partial charge in [-0.2, -0.15) is 0 Å². The highest BCUT2D eigenvalue weighted by molar-refractivity contribution is 8.04. The van der Waals surface area contributed by atoms with Crippen LogP contribution in [-0.2, 0) is 9.59 Å². The molecule has 0 saturated carbocycles. The van der Waals surface area contributed by atoms with Gasteiger partial charge in [0.25, 0.3) is 11.8 Å². The van der Waals surface area contributed by atoms with Crippen molar-refractivity contribution < 1.29 is 18.7 Å². The van der Waals surface area contributed by atoms with Crippen LogP contribution >= 0.6 is 11.8 Å². The molecule has 0 spiro atoms. The second-order valence-electron chi connectivity index (χ2n) is 6.87. The van der Waals surface area contributed by atoms with E-state index in [1.165, 1.54) is 43.1 Å². The van der Waals surface area contributed by atoms with E-state index in [1.807, 2.05) is 37.3 Å². The molecular weight excluding hydrogens is 415 g/mol. The third kappa shape index (κ3) is 4.18. The topological polar surface area (TPSA) is 58.6 Å². The van der Waals surface area contributed by atoms with Gasteiger partial charge in [-0.1, -0.05) is 41.6 Å². The lowest BCUT2D eigenvalue weighted by atomic mass is 10.2. The minimum absolute atomic E-state index is 0.143. The average molecular weight is 434 g/mol. The van der Waals surface area contributed by atoms with Gasteiger partial charge >= 0.3 is 0 Å². The number of para-hydroxylation sites is 2. The Morgan fingerprint density at radius 1 is 0.903 bits per heavy atom. The fourth-order valence-electron chi connectivity index (χ4n) is 3.15. The number of imide groups is 1. The summed E-state index contributed by atoms with van der Waals surface area (Å²) in [6, 6.07) is 20.1. The third-order valence-electron chi connectivity index (χ3n) is 4.73. The SMILES string of the molecule is COc1ccccc1NC1=C(Sc2ccc(C)cc2)C(=O)N(c2ccc(F)cc2)C1=O. The van der Waals surface area contributed by atoms with Crippen LogP contribution in [0.15, 0.2) is 88.3 Å². The maximum absolute atomic E-state index is 13.4. The number of methoxy groups -OCH3 is 1. The van der Waals surface area contributed by atoms with Gasteiger partial charge in [0.2, 0.25) is 0 Å². The molecule has 1 aliphatic rings. The molecule has 3 aromatic rings. The highest BCUT2D eigenvalue weighted by Crippen LogP contribution is 2.39. The smallest absolute Gasteiger partial charge is 0.283 e. The number of carbonyl (C=O) groups is 2. The number of nitrogens with zero attached hydrogens (tertiary/aromatic N) is 1. The van der Waals surface area contributed by atoms with Crippen LogP contribution < -0.4 is 15.0 Å². The fourth-order valence-corrected chi connectivity index (χ4v) is 4.07. The number of carbonyl (C=O) groups excluding carboxylic acids is 2. The van der Waals surface area contributed by atoms with Crippen LogP contribution in [0.4, 0.5) is 15.8 Å². The van der Waals surface area contributed by atoms with E-state index < -0.39 is 17.6 Å². The molecule has 3 aromatic carbocycles. The first-order valence-electron chi connectivity index (χ1n) is 9.51. The molecule has 0 fully saturated rings. The van der Waals surface area contributed by atoms with E-state index in [1.54, 1.807) is 18.2 Å². The van der Waals surface area contributed by atoms with Crippen molar-refractivity contribution in [2.24, 2.45) is 0 Å². The van der Waals surface area contributed by atoms with Gasteiger partial charge in [-0.3, -0.25) is 9.59 Å². The van der Waals surface area contributed by atoms with Crippen molar-refractivity contribution in [2.45, 2.75) is 11.8 Å². The molecule has 2 amide bonds. The number of hydrogen-bond donors (Lipinski definition) is 1. The lowest BCUT2D eigenvalue weighted by molar-refractivity contribution is -0.120. The molecule has 5 nitrogen and oxygen atoms in total. The molecule has 4 rings (SSSR count). The molecule has 0 aromatic heterocycles. The second-order valence-corrected chi connectivity index (χ2v) is 7.95. The first-order valence-corrected chi connectivity index (χ1v) is 10.3. The van der Waals surface area contributed by atoms with E-state index >= 15 is 0 Å². The molecule has 31 heavy (non-hydrogen) atoms. The molecule has 7 heteroatoms. The Kier molecular flexibility index (Phi) is 5.77. The van der Waals surface area contributed by atoms with Gasteiger partial charge < -0.3 is 10.1 Å². The maximum atomic E-state index is 13.4. The lowest BCUT2D eigenvalue weighted by Gasteiger charge is -2.15. The normalized spacial score (nSPS) is 13.7. The van der Waals surface area contributed by atoms with Gasteiger partial charge in [0.05, 0.1) is 18.5 Å². The van der Waals surface area contributed by atoms with E-state index in [9.17, 15) is 14.0 Å². The summed E-state index contributed by atoms with van der Waals surface area (Å²) in [4.78, 5) is 28.7. The molecule has 0 atom stereocenters. The highest BCUT2D eigenvalue weighted by Gasteiger charge is 2.40. The monoisotopic (exact) mass is 434 g/mol. The summed E-state index contributed by atoms with van der Waals surface area (Å²) in [6.45, 7) is 1.98. The second kappa shape index (κ2) is 8.65. The number of amides is 2. The largest absolute Gasteiger partial charge is 0.495 e. The predicted molar refractivity (Wildman–Crippen MR) is 120 cm³/mol. The molecular formula is C24H19FN2O3S. The minimum Gasteiger partial charge on any atom is -0.495 e. The van der Waals surface area contributed by atoms with Crippen molar-refractivity contribution in [3.8, 4) is 5.75 Å². The van der Waals surface area contributed by atoms with Crippen molar-refractivity contribution in [1.82, 2.24) is 0 Å². The van der Waals surface area contributed by atoms with E-state index in [0.29, 0.717) is 17.1 Å². The van der Waals surface area contributed by atoms with Gasteiger partial charge in [-0.15, -0.1) is 0 Å². The Morgan fingerprint density at radius 2 is 1.58 bits per heavy atom. The molecule has 1 N–H and O–H groups in total. The van der Waals surface area contributed by atoms with Crippen molar-refractivity contribution >= 4 is 35.0 Å². The summed E-state index contributed by atoms with van der Waals surface area (Å²) in [6.07, 6.45) is 0. The van der Waals surface area contributed by atoms with Crippen LogP contribution in [0, 0.1) is 12.7 Å². The van der Waals surface area contributed by atoms with Gasteiger partial charge in [-0.05, 0) is 55.5 Å². The Balaban J connectivity index is 1.76. The average Bonchev–Trinajstić information content (AvgIpc) is 3.00. The molecule has 1 aliphatic heterocycles. The minimum atomic E-state index is -0.517. The molecule has 156 valence electrons. The van der Waals surface area contributed by atoms with E-state index in [-0.39, 0.29) is 10.6 Å². The van der Waals surface area contributed by atoms with Crippen LogP contribution in [0.5, 0.6) is 5.75 Å². The Labute approximate surface area is 183 Å². The molecule has 0 radical (unpaired) electrons. The Bertz CT molecular complexity index is 1170. The van der Waals surface area contributed by atoms with Gasteiger partial charge in [0, 0.05) is 4.90 Å². The zero-order valence-electron chi connectivity index (χ0n) is 16.9. The number of halogens is 1.